The average Bonchev–Trinajstić information content (AvgIpc) is 2.94. The minimum Gasteiger partial charge on any atom is -0.380 e. The summed E-state index contributed by atoms with van der Waals surface area (Å²) in [5.74, 6) is 0. The average molecular weight is 289 g/mol. The maximum absolute atomic E-state index is 5.71. The number of ether oxygens (including phenoxy) is 1. The third kappa shape index (κ3) is 2.78. The van der Waals surface area contributed by atoms with Crippen molar-refractivity contribution in [3.8, 4) is 11.3 Å². The Bertz CT molecular complexity index is 584. The molecule has 1 aliphatic heterocycles. The molecule has 4 nitrogen and oxygen atoms in total. The van der Waals surface area contributed by atoms with E-state index in [9.17, 15) is 0 Å². The molecule has 1 aromatic heterocycles. The normalized spacial score (nSPS) is 19.2. The van der Waals surface area contributed by atoms with Gasteiger partial charge in [0.25, 0.3) is 0 Å². The highest BCUT2D eigenvalue weighted by molar-refractivity contribution is 7.13. The van der Waals surface area contributed by atoms with Crippen LogP contribution in [0.1, 0.15) is 12.8 Å². The molecule has 0 radical (unpaired) electrons. The summed E-state index contributed by atoms with van der Waals surface area (Å²) < 4.78 is 5.49. The largest absolute Gasteiger partial charge is 0.380 e. The maximum atomic E-state index is 5.71. The lowest BCUT2D eigenvalue weighted by molar-refractivity contribution is 0.0893. The monoisotopic (exact) mass is 289 g/mol. The fourth-order valence-corrected chi connectivity index (χ4v) is 3.22. The Balaban J connectivity index is 1.84. The standard InChI is InChI=1S/C15H19N3OS/c1-19-13-6-3-7-18(9-13)12-5-2-4-11(8-12)14-10-20-15(16)17-14/h2,4-5,8,10,13H,3,6-7,9H2,1H3,(H2,16,17)/t13-/m0/s1. The van der Waals surface area contributed by atoms with Crippen molar-refractivity contribution in [1.29, 1.82) is 0 Å². The summed E-state index contributed by atoms with van der Waals surface area (Å²) in [7, 11) is 1.79. The Labute approximate surface area is 123 Å². The van der Waals surface area contributed by atoms with Crippen LogP contribution < -0.4 is 10.6 Å². The molecular weight excluding hydrogens is 270 g/mol. The lowest BCUT2D eigenvalue weighted by atomic mass is 10.1. The molecule has 1 atom stereocenters. The van der Waals surface area contributed by atoms with Crippen molar-refractivity contribution in [3.63, 3.8) is 0 Å². The lowest BCUT2D eigenvalue weighted by Gasteiger charge is -2.33. The molecule has 1 saturated heterocycles. The molecule has 2 aromatic rings. The minimum atomic E-state index is 0.335. The quantitative estimate of drug-likeness (QED) is 0.943. The van der Waals surface area contributed by atoms with Crippen molar-refractivity contribution >= 4 is 22.2 Å². The van der Waals surface area contributed by atoms with Crippen LogP contribution in [-0.4, -0.2) is 31.3 Å². The van der Waals surface area contributed by atoms with Crippen LogP contribution in [0.4, 0.5) is 10.8 Å². The van der Waals surface area contributed by atoms with Gasteiger partial charge >= 0.3 is 0 Å². The van der Waals surface area contributed by atoms with Gasteiger partial charge in [-0.1, -0.05) is 12.1 Å². The molecule has 1 aromatic carbocycles. The second-order valence-electron chi connectivity index (χ2n) is 5.07. The number of hydrogen-bond donors (Lipinski definition) is 1. The van der Waals surface area contributed by atoms with Crippen molar-refractivity contribution in [2.24, 2.45) is 0 Å². The predicted molar refractivity (Wildman–Crippen MR) is 84.2 cm³/mol. The summed E-state index contributed by atoms with van der Waals surface area (Å²) >= 11 is 1.48. The first-order chi connectivity index (χ1) is 9.76. The summed E-state index contributed by atoms with van der Waals surface area (Å²) in [4.78, 5) is 6.74. The molecule has 1 aliphatic rings. The van der Waals surface area contributed by atoms with E-state index in [0.717, 1.165) is 30.8 Å². The number of anilines is 2. The van der Waals surface area contributed by atoms with Gasteiger partial charge in [-0.15, -0.1) is 11.3 Å². The van der Waals surface area contributed by atoms with Crippen molar-refractivity contribution in [3.05, 3.63) is 29.6 Å². The number of thiazole rings is 1. The van der Waals surface area contributed by atoms with Crippen LogP contribution in [0.3, 0.4) is 0 Å². The fourth-order valence-electron chi connectivity index (χ4n) is 2.65. The van der Waals surface area contributed by atoms with Crippen molar-refractivity contribution in [2.45, 2.75) is 18.9 Å². The van der Waals surface area contributed by atoms with E-state index in [0.29, 0.717) is 11.2 Å². The third-order valence-corrected chi connectivity index (χ3v) is 4.41. The molecule has 0 amide bonds. The van der Waals surface area contributed by atoms with Crippen LogP contribution >= 0.6 is 11.3 Å². The number of nitrogen functional groups attached to an aromatic ring is 1. The Kier molecular flexibility index (Phi) is 3.89. The zero-order valence-electron chi connectivity index (χ0n) is 11.6. The topological polar surface area (TPSA) is 51.4 Å². The first-order valence-corrected chi connectivity index (χ1v) is 7.73. The molecule has 20 heavy (non-hydrogen) atoms. The van der Waals surface area contributed by atoms with Crippen molar-refractivity contribution < 1.29 is 4.74 Å². The summed E-state index contributed by atoms with van der Waals surface area (Å²) in [6.45, 7) is 2.04. The highest BCUT2D eigenvalue weighted by atomic mass is 32.1. The molecular formula is C15H19N3OS. The maximum Gasteiger partial charge on any atom is 0.180 e. The number of rotatable bonds is 3. The molecule has 0 bridgehead atoms. The number of methoxy groups -OCH3 is 1. The third-order valence-electron chi connectivity index (χ3n) is 3.74. The SMILES string of the molecule is CO[C@H]1CCCN(c2cccc(-c3csc(N)n3)c2)C1. The molecule has 1 fully saturated rings. The predicted octanol–water partition coefficient (Wildman–Crippen LogP) is 3.01. The van der Waals surface area contributed by atoms with E-state index < -0.39 is 0 Å². The first-order valence-electron chi connectivity index (χ1n) is 6.85. The minimum absolute atomic E-state index is 0.335. The van der Waals surface area contributed by atoms with E-state index in [1.807, 2.05) is 5.38 Å². The van der Waals surface area contributed by atoms with Crippen LogP contribution in [0.15, 0.2) is 29.6 Å². The molecule has 0 aliphatic carbocycles. The van der Waals surface area contributed by atoms with E-state index in [1.165, 1.54) is 23.4 Å². The van der Waals surface area contributed by atoms with E-state index in [-0.39, 0.29) is 0 Å². The number of piperidine rings is 1. The second kappa shape index (κ2) is 5.81. The van der Waals surface area contributed by atoms with Gasteiger partial charge in [-0.2, -0.15) is 0 Å². The van der Waals surface area contributed by atoms with Gasteiger partial charge in [0.15, 0.2) is 5.13 Å². The molecule has 2 heterocycles. The van der Waals surface area contributed by atoms with Gasteiger partial charge in [-0.25, -0.2) is 4.98 Å². The van der Waals surface area contributed by atoms with E-state index in [1.54, 1.807) is 7.11 Å². The molecule has 2 N–H and O–H groups in total. The molecule has 0 spiro atoms. The summed E-state index contributed by atoms with van der Waals surface area (Å²) in [6.07, 6.45) is 2.66. The number of nitrogens with two attached hydrogens (primary N) is 1. The molecule has 5 heteroatoms. The van der Waals surface area contributed by atoms with Crippen LogP contribution in [0.2, 0.25) is 0 Å². The van der Waals surface area contributed by atoms with Crippen LogP contribution in [-0.2, 0) is 4.74 Å². The molecule has 0 unspecified atom stereocenters. The lowest BCUT2D eigenvalue weighted by Crippen LogP contribution is -2.39. The zero-order valence-corrected chi connectivity index (χ0v) is 12.4. The van der Waals surface area contributed by atoms with Crippen LogP contribution in [0.5, 0.6) is 0 Å². The fraction of sp³-hybridized carbons (Fsp3) is 0.400. The van der Waals surface area contributed by atoms with E-state index >= 15 is 0 Å². The van der Waals surface area contributed by atoms with Gasteiger partial charge in [0, 0.05) is 36.8 Å². The van der Waals surface area contributed by atoms with E-state index in [4.69, 9.17) is 10.5 Å². The Morgan fingerprint density at radius 2 is 2.35 bits per heavy atom. The Hall–Kier alpha value is -1.59. The van der Waals surface area contributed by atoms with Gasteiger partial charge in [0.2, 0.25) is 0 Å². The number of benzene rings is 1. The Morgan fingerprint density at radius 3 is 3.10 bits per heavy atom. The highest BCUT2D eigenvalue weighted by Crippen LogP contribution is 2.28. The second-order valence-corrected chi connectivity index (χ2v) is 5.96. The number of aromatic nitrogens is 1. The smallest absolute Gasteiger partial charge is 0.180 e. The summed E-state index contributed by atoms with van der Waals surface area (Å²) in [5.41, 5.74) is 9.02. The zero-order chi connectivity index (χ0) is 13.9. The van der Waals surface area contributed by atoms with Gasteiger partial charge in [0.1, 0.15) is 0 Å². The van der Waals surface area contributed by atoms with Crippen molar-refractivity contribution in [2.75, 3.05) is 30.8 Å². The van der Waals surface area contributed by atoms with Gasteiger partial charge < -0.3 is 15.4 Å². The first kappa shape index (κ1) is 13.4. The van der Waals surface area contributed by atoms with Crippen LogP contribution in [0.25, 0.3) is 11.3 Å². The van der Waals surface area contributed by atoms with Gasteiger partial charge in [0.05, 0.1) is 11.8 Å². The molecule has 106 valence electrons. The van der Waals surface area contributed by atoms with Gasteiger partial charge in [-0.3, -0.25) is 0 Å². The van der Waals surface area contributed by atoms with Gasteiger partial charge in [-0.05, 0) is 25.0 Å². The molecule has 3 rings (SSSR count). The van der Waals surface area contributed by atoms with E-state index in [2.05, 4.69) is 34.1 Å². The summed E-state index contributed by atoms with van der Waals surface area (Å²) in [5, 5.41) is 2.62. The number of hydrogen-bond acceptors (Lipinski definition) is 5. The summed E-state index contributed by atoms with van der Waals surface area (Å²) in [6, 6.07) is 8.50. The van der Waals surface area contributed by atoms with Crippen LogP contribution in [0, 0.1) is 0 Å². The Morgan fingerprint density at radius 1 is 1.45 bits per heavy atom. The highest BCUT2D eigenvalue weighted by Gasteiger charge is 2.19. The van der Waals surface area contributed by atoms with Crippen molar-refractivity contribution in [1.82, 2.24) is 4.98 Å². The molecule has 0 saturated carbocycles. The number of nitrogens with zero attached hydrogens (tertiary/aromatic N) is 2.